The predicted octanol–water partition coefficient (Wildman–Crippen LogP) is 7.03. The average Bonchev–Trinajstić information content (AvgIpc) is 3.26. The maximum atomic E-state index is 9.81. The van der Waals surface area contributed by atoms with Crippen LogP contribution in [0.25, 0.3) is 22.7 Å². The summed E-state index contributed by atoms with van der Waals surface area (Å²) in [4.78, 5) is 7.74. The molecule has 0 aliphatic rings. The van der Waals surface area contributed by atoms with E-state index in [4.69, 9.17) is 25.8 Å². The minimum Gasteiger partial charge on any atom is -0.497 e. The van der Waals surface area contributed by atoms with Gasteiger partial charge in [-0.2, -0.15) is 5.26 Å². The van der Waals surface area contributed by atoms with Crippen LogP contribution in [0.5, 0.6) is 17.2 Å². The van der Waals surface area contributed by atoms with Crippen molar-refractivity contribution in [1.82, 2.24) is 9.97 Å². The molecule has 34 heavy (non-hydrogen) atoms. The lowest BCUT2D eigenvalue weighted by molar-refractivity contribution is 0.267. The van der Waals surface area contributed by atoms with Crippen molar-refractivity contribution in [3.05, 3.63) is 81.0 Å². The fraction of sp³-hybridized carbons (Fsp3) is 0.154. The van der Waals surface area contributed by atoms with E-state index in [0.717, 1.165) is 22.2 Å². The molecule has 1 heterocycles. The number of hydrogen-bond acceptors (Lipinski definition) is 5. The summed E-state index contributed by atoms with van der Waals surface area (Å²) in [6.07, 6.45) is 1.76. The van der Waals surface area contributed by atoms with Crippen molar-refractivity contribution in [3.8, 4) is 23.3 Å². The number of rotatable bonds is 8. The highest BCUT2D eigenvalue weighted by atomic mass is 79.9. The Morgan fingerprint density at radius 2 is 1.94 bits per heavy atom. The molecule has 3 aromatic carbocycles. The molecule has 0 fully saturated rings. The van der Waals surface area contributed by atoms with Crippen molar-refractivity contribution in [3.63, 3.8) is 0 Å². The third kappa shape index (κ3) is 5.36. The van der Waals surface area contributed by atoms with Gasteiger partial charge in [0.05, 0.1) is 34.8 Å². The van der Waals surface area contributed by atoms with E-state index in [9.17, 15) is 5.26 Å². The zero-order valence-electron chi connectivity index (χ0n) is 18.6. The van der Waals surface area contributed by atoms with Crippen molar-refractivity contribution >= 4 is 50.2 Å². The number of allylic oxidation sites excluding steroid dienone is 1. The second-order valence-corrected chi connectivity index (χ2v) is 8.61. The number of halogens is 2. The molecule has 4 rings (SSSR count). The topological polar surface area (TPSA) is 80.2 Å². The zero-order chi connectivity index (χ0) is 24.1. The molecule has 0 atom stereocenters. The Bertz CT molecular complexity index is 1390. The Morgan fingerprint density at radius 3 is 2.65 bits per heavy atom. The Kier molecular flexibility index (Phi) is 7.41. The van der Waals surface area contributed by atoms with Crippen LogP contribution < -0.4 is 14.2 Å². The molecule has 0 saturated heterocycles. The van der Waals surface area contributed by atoms with Crippen molar-refractivity contribution < 1.29 is 14.2 Å². The Balaban J connectivity index is 1.65. The third-order valence-electron chi connectivity index (χ3n) is 5.00. The molecule has 172 valence electrons. The standard InChI is InChI=1S/C26H21BrClN3O3/c1-3-33-24-12-17(11-21(27)25(24)34-15-16-4-6-19(28)7-5-16)10-18(14-29)26-30-22-9-8-20(32-2)13-23(22)31-26/h4-13H,3,15H2,1-2H3,(H,30,31)/b18-10-. The molecule has 0 bridgehead atoms. The molecule has 1 N–H and O–H groups in total. The Labute approximate surface area is 210 Å². The second-order valence-electron chi connectivity index (χ2n) is 7.32. The second kappa shape index (κ2) is 10.6. The molecule has 4 aromatic rings. The zero-order valence-corrected chi connectivity index (χ0v) is 20.9. The van der Waals surface area contributed by atoms with Crippen LogP contribution in [-0.2, 0) is 6.61 Å². The molecule has 0 aliphatic carbocycles. The number of aromatic nitrogens is 2. The summed E-state index contributed by atoms with van der Waals surface area (Å²) >= 11 is 9.55. The van der Waals surface area contributed by atoms with E-state index in [-0.39, 0.29) is 0 Å². The Hall–Kier alpha value is -3.47. The quantitative estimate of drug-likeness (QED) is 0.244. The molecule has 0 radical (unpaired) electrons. The monoisotopic (exact) mass is 537 g/mol. The first kappa shape index (κ1) is 23.7. The van der Waals surface area contributed by atoms with Gasteiger partial charge < -0.3 is 19.2 Å². The molecule has 0 unspecified atom stereocenters. The third-order valence-corrected chi connectivity index (χ3v) is 5.84. The van der Waals surface area contributed by atoms with Crippen LogP contribution in [0.3, 0.4) is 0 Å². The molecule has 0 amide bonds. The summed E-state index contributed by atoms with van der Waals surface area (Å²) in [7, 11) is 1.61. The maximum Gasteiger partial charge on any atom is 0.175 e. The number of aromatic amines is 1. The average molecular weight is 539 g/mol. The van der Waals surface area contributed by atoms with Gasteiger partial charge in [-0.05, 0) is 76.5 Å². The van der Waals surface area contributed by atoms with E-state index in [0.29, 0.717) is 51.4 Å². The lowest BCUT2D eigenvalue weighted by Crippen LogP contribution is -2.01. The lowest BCUT2D eigenvalue weighted by Gasteiger charge is -2.15. The number of ether oxygens (including phenoxy) is 3. The molecule has 0 saturated carbocycles. The van der Waals surface area contributed by atoms with E-state index in [2.05, 4.69) is 32.0 Å². The molecule has 0 aliphatic heterocycles. The SMILES string of the molecule is CCOc1cc(/C=C(/C#N)c2nc3ccc(OC)cc3[nH]2)cc(Br)c1OCc1ccc(Cl)cc1. The molecule has 8 heteroatoms. The fourth-order valence-corrected chi connectivity index (χ4v) is 4.07. The number of nitriles is 1. The van der Waals surface area contributed by atoms with E-state index in [1.54, 1.807) is 13.2 Å². The minimum absolute atomic E-state index is 0.358. The van der Waals surface area contributed by atoms with Gasteiger partial charge in [-0.3, -0.25) is 0 Å². The molecule has 6 nitrogen and oxygen atoms in total. The van der Waals surface area contributed by atoms with Gasteiger partial charge in [0, 0.05) is 11.1 Å². The minimum atomic E-state index is 0.358. The van der Waals surface area contributed by atoms with Gasteiger partial charge in [-0.1, -0.05) is 23.7 Å². The summed E-state index contributed by atoms with van der Waals surface area (Å²) in [6, 6.07) is 18.9. The smallest absolute Gasteiger partial charge is 0.175 e. The molecule has 0 spiro atoms. The van der Waals surface area contributed by atoms with E-state index >= 15 is 0 Å². The fourth-order valence-electron chi connectivity index (χ4n) is 3.37. The number of nitrogens with one attached hydrogen (secondary N) is 1. The summed E-state index contributed by atoms with van der Waals surface area (Å²) in [5, 5.41) is 10.5. The molecular formula is C26H21BrClN3O3. The number of benzene rings is 3. The van der Waals surface area contributed by atoms with Gasteiger partial charge in [0.1, 0.15) is 24.3 Å². The highest BCUT2D eigenvalue weighted by molar-refractivity contribution is 9.10. The summed E-state index contributed by atoms with van der Waals surface area (Å²) < 4.78 is 17.9. The van der Waals surface area contributed by atoms with Crippen LogP contribution in [0.1, 0.15) is 23.9 Å². The Morgan fingerprint density at radius 1 is 1.15 bits per heavy atom. The summed E-state index contributed by atoms with van der Waals surface area (Å²) in [6.45, 7) is 2.73. The number of hydrogen-bond donors (Lipinski definition) is 1. The highest BCUT2D eigenvalue weighted by Gasteiger charge is 2.14. The van der Waals surface area contributed by atoms with Crippen molar-refractivity contribution in [1.29, 1.82) is 5.26 Å². The first-order chi connectivity index (χ1) is 16.5. The van der Waals surface area contributed by atoms with Gasteiger partial charge >= 0.3 is 0 Å². The number of nitrogens with zero attached hydrogens (tertiary/aromatic N) is 2. The van der Waals surface area contributed by atoms with Crippen molar-refractivity contribution in [2.75, 3.05) is 13.7 Å². The van der Waals surface area contributed by atoms with E-state index < -0.39 is 0 Å². The number of H-pyrrole nitrogens is 1. The van der Waals surface area contributed by atoms with Crippen LogP contribution in [0.15, 0.2) is 59.1 Å². The predicted molar refractivity (Wildman–Crippen MR) is 137 cm³/mol. The van der Waals surface area contributed by atoms with Crippen LogP contribution in [0.4, 0.5) is 0 Å². The summed E-state index contributed by atoms with van der Waals surface area (Å²) in [5.41, 5.74) is 3.68. The lowest BCUT2D eigenvalue weighted by atomic mass is 10.1. The first-order valence-corrected chi connectivity index (χ1v) is 11.7. The van der Waals surface area contributed by atoms with Gasteiger partial charge in [-0.15, -0.1) is 0 Å². The van der Waals surface area contributed by atoms with Gasteiger partial charge in [-0.25, -0.2) is 4.98 Å². The number of imidazole rings is 1. The van der Waals surface area contributed by atoms with Crippen LogP contribution in [0.2, 0.25) is 5.02 Å². The van der Waals surface area contributed by atoms with Gasteiger partial charge in [0.2, 0.25) is 0 Å². The van der Waals surface area contributed by atoms with Crippen molar-refractivity contribution in [2.24, 2.45) is 0 Å². The largest absolute Gasteiger partial charge is 0.497 e. The van der Waals surface area contributed by atoms with Crippen LogP contribution in [-0.4, -0.2) is 23.7 Å². The van der Waals surface area contributed by atoms with Gasteiger partial charge in [0.15, 0.2) is 11.5 Å². The van der Waals surface area contributed by atoms with Crippen LogP contribution >= 0.6 is 27.5 Å². The van der Waals surface area contributed by atoms with E-state index in [1.165, 1.54) is 0 Å². The van der Waals surface area contributed by atoms with Gasteiger partial charge in [0.25, 0.3) is 0 Å². The van der Waals surface area contributed by atoms with E-state index in [1.807, 2.05) is 61.5 Å². The molecular weight excluding hydrogens is 518 g/mol. The number of fused-ring (bicyclic) bond motifs is 1. The maximum absolute atomic E-state index is 9.81. The van der Waals surface area contributed by atoms with Crippen molar-refractivity contribution in [2.45, 2.75) is 13.5 Å². The van der Waals surface area contributed by atoms with Crippen LogP contribution in [0, 0.1) is 11.3 Å². The molecule has 1 aromatic heterocycles. The normalized spacial score (nSPS) is 11.3. The number of methoxy groups -OCH3 is 1. The highest BCUT2D eigenvalue weighted by Crippen LogP contribution is 2.38. The first-order valence-electron chi connectivity index (χ1n) is 10.5. The summed E-state index contributed by atoms with van der Waals surface area (Å²) in [5.74, 6) is 2.35.